The SMILES string of the molecule is COc1ccc(CCCNc2cc(C)cn3c(=O)[nH]nc23)cn1.Cl. The molecule has 0 aromatic carbocycles. The van der Waals surface area contributed by atoms with Crippen LogP contribution in [-0.4, -0.2) is 33.2 Å². The summed E-state index contributed by atoms with van der Waals surface area (Å²) in [5.74, 6) is 0.623. The van der Waals surface area contributed by atoms with Crippen LogP contribution in [0, 0.1) is 6.92 Å². The average Bonchev–Trinajstić information content (AvgIpc) is 2.93. The number of aromatic amines is 1. The molecule has 0 aliphatic rings. The smallest absolute Gasteiger partial charge is 0.347 e. The van der Waals surface area contributed by atoms with Gasteiger partial charge in [-0.2, -0.15) is 5.10 Å². The quantitative estimate of drug-likeness (QED) is 0.666. The fraction of sp³-hybridized carbons (Fsp3) is 0.312. The van der Waals surface area contributed by atoms with Crippen LogP contribution in [-0.2, 0) is 6.42 Å². The highest BCUT2D eigenvalue weighted by molar-refractivity contribution is 5.85. The van der Waals surface area contributed by atoms with Crippen molar-refractivity contribution in [2.45, 2.75) is 19.8 Å². The molecule has 0 saturated heterocycles. The molecule has 128 valence electrons. The van der Waals surface area contributed by atoms with Gasteiger partial charge in [-0.05, 0) is 37.0 Å². The number of hydrogen-bond donors (Lipinski definition) is 2. The molecular formula is C16H20ClN5O2. The van der Waals surface area contributed by atoms with E-state index in [1.807, 2.05) is 31.3 Å². The second-order valence-corrected chi connectivity index (χ2v) is 5.39. The predicted octanol–water partition coefficient (Wildman–Crippen LogP) is 2.20. The molecule has 0 amide bonds. The maximum Gasteiger partial charge on any atom is 0.347 e. The van der Waals surface area contributed by atoms with Crippen molar-refractivity contribution in [3.8, 4) is 5.88 Å². The van der Waals surface area contributed by atoms with Crippen LogP contribution in [0.4, 0.5) is 5.69 Å². The maximum absolute atomic E-state index is 11.7. The fourth-order valence-electron chi connectivity index (χ4n) is 2.47. The Morgan fingerprint density at radius 3 is 2.92 bits per heavy atom. The van der Waals surface area contributed by atoms with Gasteiger partial charge < -0.3 is 10.1 Å². The van der Waals surface area contributed by atoms with E-state index in [0.717, 1.165) is 36.2 Å². The summed E-state index contributed by atoms with van der Waals surface area (Å²) in [7, 11) is 1.61. The molecule has 0 spiro atoms. The molecule has 0 bridgehead atoms. The van der Waals surface area contributed by atoms with E-state index >= 15 is 0 Å². The molecule has 0 fully saturated rings. The summed E-state index contributed by atoms with van der Waals surface area (Å²) in [5.41, 5.74) is 3.42. The van der Waals surface area contributed by atoms with Crippen molar-refractivity contribution in [3.63, 3.8) is 0 Å². The monoisotopic (exact) mass is 349 g/mol. The number of ether oxygens (including phenoxy) is 1. The van der Waals surface area contributed by atoms with Gasteiger partial charge in [0.2, 0.25) is 5.88 Å². The summed E-state index contributed by atoms with van der Waals surface area (Å²) in [5, 5.41) is 9.87. The van der Waals surface area contributed by atoms with Crippen LogP contribution >= 0.6 is 12.4 Å². The average molecular weight is 350 g/mol. The summed E-state index contributed by atoms with van der Waals surface area (Å²) < 4.78 is 6.56. The van der Waals surface area contributed by atoms with Gasteiger partial charge in [0.25, 0.3) is 0 Å². The minimum Gasteiger partial charge on any atom is -0.481 e. The number of aryl methyl sites for hydroxylation is 2. The molecule has 3 heterocycles. The van der Waals surface area contributed by atoms with Crippen LogP contribution in [0.2, 0.25) is 0 Å². The van der Waals surface area contributed by atoms with Gasteiger partial charge in [0.1, 0.15) is 0 Å². The zero-order valence-electron chi connectivity index (χ0n) is 13.6. The lowest BCUT2D eigenvalue weighted by molar-refractivity contribution is 0.397. The van der Waals surface area contributed by atoms with Crippen LogP contribution in [0.25, 0.3) is 5.65 Å². The van der Waals surface area contributed by atoms with Crippen molar-refractivity contribution in [1.82, 2.24) is 19.6 Å². The van der Waals surface area contributed by atoms with Gasteiger partial charge >= 0.3 is 5.69 Å². The fourth-order valence-corrected chi connectivity index (χ4v) is 2.47. The van der Waals surface area contributed by atoms with Gasteiger partial charge in [0.15, 0.2) is 5.65 Å². The number of nitrogens with zero attached hydrogens (tertiary/aromatic N) is 3. The molecule has 7 nitrogen and oxygen atoms in total. The third-order valence-corrected chi connectivity index (χ3v) is 3.61. The standard InChI is InChI=1S/C16H19N5O2.ClH/c1-11-8-13(15-19-20-16(22)21(15)10-11)17-7-3-4-12-5-6-14(23-2)18-9-12;/h5-6,8-10,17H,3-4,7H2,1-2H3,(H,20,22);1H. The first-order chi connectivity index (χ1) is 11.2. The van der Waals surface area contributed by atoms with E-state index in [0.29, 0.717) is 11.5 Å². The van der Waals surface area contributed by atoms with Gasteiger partial charge in [-0.1, -0.05) is 6.07 Å². The van der Waals surface area contributed by atoms with Crippen LogP contribution in [0.1, 0.15) is 17.5 Å². The Kier molecular flexibility index (Phi) is 5.81. The molecule has 3 aromatic rings. The predicted molar refractivity (Wildman–Crippen MR) is 95.4 cm³/mol. The summed E-state index contributed by atoms with van der Waals surface area (Å²) >= 11 is 0. The Bertz CT molecular complexity index is 857. The number of hydrogen-bond acceptors (Lipinski definition) is 5. The topological polar surface area (TPSA) is 84.3 Å². The summed E-state index contributed by atoms with van der Waals surface area (Å²) in [6.07, 6.45) is 5.47. The summed E-state index contributed by atoms with van der Waals surface area (Å²) in [6, 6.07) is 5.87. The van der Waals surface area contributed by atoms with Gasteiger partial charge in [-0.15, -0.1) is 12.4 Å². The lowest BCUT2D eigenvalue weighted by atomic mass is 10.1. The number of anilines is 1. The molecule has 0 aliphatic heterocycles. The first kappa shape index (κ1) is 17.8. The van der Waals surface area contributed by atoms with E-state index in [1.165, 1.54) is 4.40 Å². The molecule has 0 aliphatic carbocycles. The second-order valence-electron chi connectivity index (χ2n) is 5.39. The largest absolute Gasteiger partial charge is 0.481 e. The Labute approximate surface area is 145 Å². The van der Waals surface area contributed by atoms with E-state index < -0.39 is 0 Å². The number of H-pyrrole nitrogens is 1. The molecular weight excluding hydrogens is 330 g/mol. The molecule has 0 radical (unpaired) electrons. The van der Waals surface area contributed by atoms with E-state index in [9.17, 15) is 4.79 Å². The lowest BCUT2D eigenvalue weighted by Gasteiger charge is -2.08. The first-order valence-corrected chi connectivity index (χ1v) is 7.47. The zero-order valence-corrected chi connectivity index (χ0v) is 14.4. The minimum atomic E-state index is -0.226. The number of nitrogens with one attached hydrogen (secondary N) is 2. The number of fused-ring (bicyclic) bond motifs is 1. The van der Waals surface area contributed by atoms with Crippen molar-refractivity contribution in [2.24, 2.45) is 0 Å². The normalized spacial score (nSPS) is 10.4. The second kappa shape index (κ2) is 7.83. The van der Waals surface area contributed by atoms with Crippen LogP contribution in [0.15, 0.2) is 35.4 Å². The van der Waals surface area contributed by atoms with Crippen LogP contribution in [0.5, 0.6) is 5.88 Å². The van der Waals surface area contributed by atoms with E-state index in [4.69, 9.17) is 4.74 Å². The van der Waals surface area contributed by atoms with E-state index in [1.54, 1.807) is 13.3 Å². The zero-order chi connectivity index (χ0) is 16.2. The van der Waals surface area contributed by atoms with Gasteiger partial charge in [-0.3, -0.25) is 0 Å². The number of methoxy groups -OCH3 is 1. The third-order valence-electron chi connectivity index (χ3n) is 3.61. The Hall–Kier alpha value is -2.54. The summed E-state index contributed by atoms with van der Waals surface area (Å²) in [4.78, 5) is 15.8. The highest BCUT2D eigenvalue weighted by atomic mass is 35.5. The highest BCUT2D eigenvalue weighted by Crippen LogP contribution is 2.15. The number of aromatic nitrogens is 4. The Morgan fingerprint density at radius 2 is 2.21 bits per heavy atom. The number of pyridine rings is 2. The molecule has 2 N–H and O–H groups in total. The third kappa shape index (κ3) is 3.86. The Balaban J connectivity index is 0.00000208. The first-order valence-electron chi connectivity index (χ1n) is 7.47. The number of halogens is 1. The molecule has 0 unspecified atom stereocenters. The van der Waals surface area contributed by atoms with E-state index in [2.05, 4.69) is 20.5 Å². The van der Waals surface area contributed by atoms with Crippen LogP contribution in [0.3, 0.4) is 0 Å². The molecule has 24 heavy (non-hydrogen) atoms. The van der Waals surface area contributed by atoms with E-state index in [-0.39, 0.29) is 18.1 Å². The van der Waals surface area contributed by atoms with Crippen molar-refractivity contribution < 1.29 is 4.74 Å². The van der Waals surface area contributed by atoms with Crippen molar-refractivity contribution in [3.05, 3.63) is 52.2 Å². The summed E-state index contributed by atoms with van der Waals surface area (Å²) in [6.45, 7) is 2.74. The van der Waals surface area contributed by atoms with Gasteiger partial charge in [0.05, 0.1) is 12.8 Å². The van der Waals surface area contributed by atoms with Crippen molar-refractivity contribution in [1.29, 1.82) is 0 Å². The molecule has 0 atom stereocenters. The molecule has 0 saturated carbocycles. The van der Waals surface area contributed by atoms with Gasteiger partial charge in [0, 0.05) is 25.0 Å². The van der Waals surface area contributed by atoms with Gasteiger partial charge in [-0.25, -0.2) is 19.3 Å². The minimum absolute atomic E-state index is 0. The Morgan fingerprint density at radius 1 is 1.38 bits per heavy atom. The molecule has 8 heteroatoms. The molecule has 3 aromatic heterocycles. The van der Waals surface area contributed by atoms with Crippen molar-refractivity contribution in [2.75, 3.05) is 19.0 Å². The highest BCUT2D eigenvalue weighted by Gasteiger charge is 2.06. The van der Waals surface area contributed by atoms with Crippen molar-refractivity contribution >= 4 is 23.7 Å². The maximum atomic E-state index is 11.7. The molecule has 3 rings (SSSR count). The van der Waals surface area contributed by atoms with Crippen LogP contribution < -0.4 is 15.7 Å². The lowest BCUT2D eigenvalue weighted by Crippen LogP contribution is -2.11. The number of rotatable bonds is 6.